The van der Waals surface area contributed by atoms with Crippen molar-refractivity contribution in [2.75, 3.05) is 0 Å². The van der Waals surface area contributed by atoms with Gasteiger partial charge >= 0.3 is 169 Å². The van der Waals surface area contributed by atoms with Gasteiger partial charge < -0.3 is 0 Å². The Bertz CT molecular complexity index is 748. The van der Waals surface area contributed by atoms with E-state index in [9.17, 15) is 0 Å². The fourth-order valence-electron chi connectivity index (χ4n) is 4.73. The van der Waals surface area contributed by atoms with Gasteiger partial charge in [-0.05, 0) is 0 Å². The van der Waals surface area contributed by atoms with E-state index < -0.39 is 30.2 Å². The molecule has 0 saturated heterocycles. The molecule has 0 atom stereocenters. The van der Waals surface area contributed by atoms with Gasteiger partial charge in [-0.1, -0.05) is 0 Å². The minimum atomic E-state index is -2.89. The van der Waals surface area contributed by atoms with Gasteiger partial charge in [0.15, 0.2) is 0 Å². The second-order valence-electron chi connectivity index (χ2n) is 11.6. The molecule has 0 nitrogen and oxygen atoms in total. The van der Waals surface area contributed by atoms with Gasteiger partial charge in [-0.25, -0.2) is 0 Å². The van der Waals surface area contributed by atoms with Crippen LogP contribution in [-0.4, -0.2) is 23.8 Å². The first-order valence-corrected chi connectivity index (χ1v) is 26.2. The molecule has 0 bridgehead atoms. The van der Waals surface area contributed by atoms with Gasteiger partial charge in [0.05, 0.1) is 0 Å². The molecule has 0 spiro atoms. The number of hydrogen-bond donors (Lipinski definition) is 0. The number of rotatable bonds is 6. The average Bonchev–Trinajstić information content (AvgIpc) is 3.11. The molecule has 2 aliphatic rings. The molecule has 0 aliphatic heterocycles. The zero-order valence-corrected chi connectivity index (χ0v) is 26.6. The Morgan fingerprint density at radius 1 is 0.750 bits per heavy atom. The molecule has 0 aromatic carbocycles. The van der Waals surface area contributed by atoms with Crippen molar-refractivity contribution in [2.45, 2.75) is 89.3 Å². The van der Waals surface area contributed by atoms with Crippen LogP contribution < -0.4 is 0 Å². The topological polar surface area (TPSA) is 0 Å². The summed E-state index contributed by atoms with van der Waals surface area (Å²) in [5.41, 5.74) is 3.39. The first-order valence-electron chi connectivity index (χ1n) is 10.5. The molecular formula is C22H44Cl2Si3Ti. The number of hydrogen-bond acceptors (Lipinski definition) is 0. The zero-order valence-electron chi connectivity index (χ0n) is 20.0. The third kappa shape index (κ3) is 5.58. The molecular weight excluding hydrogens is 467 g/mol. The van der Waals surface area contributed by atoms with Gasteiger partial charge in [-0.15, -0.1) is 24.8 Å². The molecule has 0 saturated carbocycles. The second-order valence-corrected chi connectivity index (χ2v) is 40.7. The van der Waals surface area contributed by atoms with Crippen molar-refractivity contribution < 1.29 is 14.0 Å². The van der Waals surface area contributed by atoms with E-state index in [-0.39, 0.29) is 24.8 Å². The van der Waals surface area contributed by atoms with Crippen LogP contribution in [-0.2, 0) is 14.0 Å². The Morgan fingerprint density at radius 2 is 1.04 bits per heavy atom. The average molecular weight is 512 g/mol. The molecule has 2 aliphatic carbocycles. The molecule has 0 heterocycles. The van der Waals surface area contributed by atoms with Crippen LogP contribution in [0.2, 0.25) is 49.7 Å². The van der Waals surface area contributed by atoms with Crippen LogP contribution in [0, 0.1) is 0 Å². The summed E-state index contributed by atoms with van der Waals surface area (Å²) in [6, 6.07) is 0. The van der Waals surface area contributed by atoms with Crippen molar-refractivity contribution in [2.24, 2.45) is 0 Å². The Balaban J connectivity index is 0.00000364. The SMILES string of the molecule is CCC1=CC([Si](C)(C)C)=[C]([Ti]([CH3])([CH3])(=[SiH2])[C]2=C([Si](C)(C)C)C=C(CC)C2)C1.Cl.Cl. The van der Waals surface area contributed by atoms with Crippen molar-refractivity contribution in [3.8, 4) is 0 Å². The first-order chi connectivity index (χ1) is 11.6. The van der Waals surface area contributed by atoms with Crippen LogP contribution in [0.3, 0.4) is 0 Å². The van der Waals surface area contributed by atoms with E-state index in [1.807, 2.05) is 18.1 Å². The van der Waals surface area contributed by atoms with Crippen LogP contribution in [0.15, 0.2) is 41.4 Å². The second kappa shape index (κ2) is 9.18. The molecule has 0 aromatic rings. The monoisotopic (exact) mass is 510 g/mol. The molecule has 0 fully saturated rings. The molecule has 0 radical (unpaired) electrons. The van der Waals surface area contributed by atoms with E-state index in [0.717, 1.165) is 0 Å². The molecule has 2 rings (SSSR count). The van der Waals surface area contributed by atoms with Crippen LogP contribution >= 0.6 is 24.8 Å². The maximum atomic E-state index is 2.75. The minimum Gasteiger partial charge on any atom is -0.147 e. The van der Waals surface area contributed by atoms with E-state index in [1.54, 1.807) is 11.1 Å². The Morgan fingerprint density at radius 3 is 1.25 bits per heavy atom. The largest absolute Gasteiger partial charge is 0.147 e. The molecule has 0 unspecified atom stereocenters. The third-order valence-electron chi connectivity index (χ3n) is 6.61. The van der Waals surface area contributed by atoms with Crippen molar-refractivity contribution in [3.63, 3.8) is 0 Å². The van der Waals surface area contributed by atoms with Crippen LogP contribution in [0.1, 0.15) is 39.5 Å². The summed E-state index contributed by atoms with van der Waals surface area (Å²) in [7, 11) is -0.173. The summed E-state index contributed by atoms with van der Waals surface area (Å²) in [5.74, 6) is 0. The van der Waals surface area contributed by atoms with E-state index in [0.29, 0.717) is 0 Å². The van der Waals surface area contributed by atoms with Gasteiger partial charge in [0.1, 0.15) is 0 Å². The summed E-state index contributed by atoms with van der Waals surface area (Å²) in [4.78, 5) is 0. The third-order valence-corrected chi connectivity index (χ3v) is 22.5. The quantitative estimate of drug-likeness (QED) is 0.318. The van der Waals surface area contributed by atoms with E-state index >= 15 is 0 Å². The van der Waals surface area contributed by atoms with Crippen LogP contribution in [0.4, 0.5) is 0 Å². The maximum Gasteiger partial charge on any atom is -0.147 e. The summed E-state index contributed by atoms with van der Waals surface area (Å²) in [5, 5.41) is 9.14. The Kier molecular flexibility index (Phi) is 9.48. The molecule has 6 heteroatoms. The van der Waals surface area contributed by atoms with Crippen LogP contribution in [0.5, 0.6) is 0 Å². The summed E-state index contributed by atoms with van der Waals surface area (Å²) < 4.78 is 3.88. The smallest absolute Gasteiger partial charge is 0.147 e. The van der Waals surface area contributed by atoms with Gasteiger partial charge in [0, 0.05) is 0 Å². The summed E-state index contributed by atoms with van der Waals surface area (Å²) >= 11 is -2.89. The predicted molar refractivity (Wildman–Crippen MR) is 141 cm³/mol. The van der Waals surface area contributed by atoms with Gasteiger partial charge in [0.2, 0.25) is 0 Å². The van der Waals surface area contributed by atoms with E-state index in [2.05, 4.69) is 83.4 Å². The van der Waals surface area contributed by atoms with Crippen molar-refractivity contribution >= 4 is 48.6 Å². The molecule has 162 valence electrons. The van der Waals surface area contributed by atoms with E-state index in [4.69, 9.17) is 0 Å². The standard InChI is InChI=1S/2C10H17Si.2CH3.2ClH.H2Si.Ti/c2*1-5-9-6-7-10(8-9)11(2,3)4;;;;;;/h2*8H,5-6H2,1-4H3;2*1H3;2*1H;1H2;. The maximum absolute atomic E-state index is 2.89. The van der Waals surface area contributed by atoms with Gasteiger partial charge in [-0.2, -0.15) is 0 Å². The minimum absolute atomic E-state index is 0. The molecule has 0 amide bonds. The van der Waals surface area contributed by atoms with E-state index in [1.165, 1.54) is 25.7 Å². The predicted octanol–water partition coefficient (Wildman–Crippen LogP) is 7.91. The number of halogens is 2. The summed E-state index contributed by atoms with van der Waals surface area (Å²) in [6.07, 6.45) is 10.3. The van der Waals surface area contributed by atoms with Crippen molar-refractivity contribution in [1.29, 1.82) is 0 Å². The summed E-state index contributed by atoms with van der Waals surface area (Å²) in [6.45, 7) is 20.0. The fraction of sp³-hybridized carbons (Fsp3) is 0.636. The van der Waals surface area contributed by atoms with Gasteiger partial charge in [0.25, 0.3) is 0 Å². The number of allylic oxidation sites excluding steroid dienone is 8. The fourth-order valence-corrected chi connectivity index (χ4v) is 24.8. The van der Waals surface area contributed by atoms with Crippen molar-refractivity contribution in [3.05, 3.63) is 41.4 Å². The van der Waals surface area contributed by atoms with Crippen LogP contribution in [0.25, 0.3) is 0 Å². The van der Waals surface area contributed by atoms with Crippen molar-refractivity contribution in [1.82, 2.24) is 0 Å². The normalized spacial score (nSPS) is 18.7. The molecule has 0 aromatic heterocycles. The molecule has 0 N–H and O–H groups in total. The molecule has 28 heavy (non-hydrogen) atoms. The zero-order chi connectivity index (χ0) is 20.2. The Hall–Kier alpha value is 0.905. The Labute approximate surface area is 192 Å². The first kappa shape index (κ1) is 28.9. The van der Waals surface area contributed by atoms with Gasteiger partial charge in [-0.3, -0.25) is 0 Å².